The molecule has 3 rings (SSSR count). The topological polar surface area (TPSA) is 67.5 Å². The zero-order valence-electron chi connectivity index (χ0n) is 10.5. The van der Waals surface area contributed by atoms with Crippen molar-refractivity contribution in [3.8, 4) is 11.3 Å². The molecule has 100 valence electrons. The minimum absolute atomic E-state index is 0.0858. The van der Waals surface area contributed by atoms with E-state index in [1.165, 1.54) is 10.6 Å². The highest BCUT2D eigenvalue weighted by Crippen LogP contribution is 2.25. The highest BCUT2D eigenvalue weighted by molar-refractivity contribution is 9.10. The Morgan fingerprint density at radius 1 is 1.30 bits per heavy atom. The number of nitrogens with zero attached hydrogens (tertiary/aromatic N) is 3. The number of benzene rings is 1. The molecule has 1 aromatic carbocycles. The molecular weight excluding hydrogens is 322 g/mol. The van der Waals surface area contributed by atoms with E-state index in [2.05, 4.69) is 26.0 Å². The maximum absolute atomic E-state index is 11.4. The zero-order chi connectivity index (χ0) is 14.3. The summed E-state index contributed by atoms with van der Waals surface area (Å²) in [5.41, 5.74) is 2.76. The van der Waals surface area contributed by atoms with E-state index in [4.69, 9.17) is 0 Å². The first-order valence-electron chi connectivity index (χ1n) is 5.92. The van der Waals surface area contributed by atoms with Crippen LogP contribution in [0.3, 0.4) is 0 Å². The first-order valence-corrected chi connectivity index (χ1v) is 6.72. The summed E-state index contributed by atoms with van der Waals surface area (Å²) >= 11 is 3.40. The van der Waals surface area contributed by atoms with Gasteiger partial charge in [0, 0.05) is 5.56 Å². The molecule has 0 aliphatic heterocycles. The molecule has 1 N–H and O–H groups in total. The number of aryl methyl sites for hydroxylation is 1. The van der Waals surface area contributed by atoms with Crippen molar-refractivity contribution < 1.29 is 9.90 Å². The second-order valence-electron chi connectivity index (χ2n) is 4.33. The van der Waals surface area contributed by atoms with Crippen LogP contribution in [-0.2, 0) is 0 Å². The molecule has 5 nitrogen and oxygen atoms in total. The van der Waals surface area contributed by atoms with Crippen LogP contribution in [0.2, 0.25) is 0 Å². The lowest BCUT2D eigenvalue weighted by Crippen LogP contribution is -2.08. The molecule has 0 saturated carbocycles. The Labute approximate surface area is 123 Å². The predicted octanol–water partition coefficient (Wildman–Crippen LogP) is 3.17. The lowest BCUT2D eigenvalue weighted by molar-refractivity contribution is 0.0687. The number of halogens is 1. The fraction of sp³-hybridized carbons (Fsp3) is 0.0714. The highest BCUT2D eigenvalue weighted by Gasteiger charge is 2.17. The Morgan fingerprint density at radius 3 is 2.65 bits per heavy atom. The SMILES string of the molecule is Cc1nn2c(C(=O)O)cc(-c3ccccc3)nc2c1Br. The van der Waals surface area contributed by atoms with Crippen molar-refractivity contribution in [2.24, 2.45) is 0 Å². The normalized spacial score (nSPS) is 10.9. The van der Waals surface area contributed by atoms with E-state index in [0.29, 0.717) is 21.5 Å². The Balaban J connectivity index is 2.36. The molecule has 0 unspecified atom stereocenters. The average molecular weight is 332 g/mol. The van der Waals surface area contributed by atoms with Crippen LogP contribution in [-0.4, -0.2) is 25.7 Å². The Hall–Kier alpha value is -2.21. The number of fused-ring (bicyclic) bond motifs is 1. The van der Waals surface area contributed by atoms with Crippen molar-refractivity contribution in [2.75, 3.05) is 0 Å². The van der Waals surface area contributed by atoms with E-state index < -0.39 is 5.97 Å². The summed E-state index contributed by atoms with van der Waals surface area (Å²) in [7, 11) is 0. The molecule has 6 heteroatoms. The molecule has 0 aliphatic rings. The molecule has 0 amide bonds. The van der Waals surface area contributed by atoms with Gasteiger partial charge in [-0.25, -0.2) is 14.3 Å². The van der Waals surface area contributed by atoms with Gasteiger partial charge in [0.1, 0.15) is 0 Å². The van der Waals surface area contributed by atoms with Gasteiger partial charge >= 0.3 is 5.97 Å². The van der Waals surface area contributed by atoms with Crippen LogP contribution in [0.4, 0.5) is 0 Å². The fourth-order valence-corrected chi connectivity index (χ4v) is 2.34. The molecule has 0 fully saturated rings. The smallest absolute Gasteiger partial charge is 0.354 e. The van der Waals surface area contributed by atoms with Gasteiger partial charge in [0.25, 0.3) is 0 Å². The van der Waals surface area contributed by atoms with Gasteiger partial charge in [0.05, 0.1) is 15.9 Å². The molecular formula is C14H10BrN3O2. The van der Waals surface area contributed by atoms with Crippen LogP contribution in [0.15, 0.2) is 40.9 Å². The second kappa shape index (κ2) is 4.72. The highest BCUT2D eigenvalue weighted by atomic mass is 79.9. The molecule has 20 heavy (non-hydrogen) atoms. The number of hydrogen-bond donors (Lipinski definition) is 1. The maximum Gasteiger partial charge on any atom is 0.354 e. The molecule has 3 aromatic rings. The molecule has 0 radical (unpaired) electrons. The summed E-state index contributed by atoms with van der Waals surface area (Å²) in [4.78, 5) is 15.9. The van der Waals surface area contributed by atoms with Crippen LogP contribution in [0.5, 0.6) is 0 Å². The summed E-state index contributed by atoms with van der Waals surface area (Å²) in [5.74, 6) is -1.04. The molecule has 2 aromatic heterocycles. The summed E-state index contributed by atoms with van der Waals surface area (Å²) < 4.78 is 2.05. The maximum atomic E-state index is 11.4. The van der Waals surface area contributed by atoms with E-state index in [9.17, 15) is 9.90 Å². The number of carboxylic acids is 1. The minimum Gasteiger partial charge on any atom is -0.477 e. The lowest BCUT2D eigenvalue weighted by atomic mass is 10.1. The molecule has 0 aliphatic carbocycles. The zero-order valence-corrected chi connectivity index (χ0v) is 12.1. The van der Waals surface area contributed by atoms with Crippen LogP contribution in [0.25, 0.3) is 16.9 Å². The first-order chi connectivity index (χ1) is 9.58. The number of carbonyl (C=O) groups is 1. The van der Waals surface area contributed by atoms with Gasteiger partial charge in [-0.3, -0.25) is 0 Å². The van der Waals surface area contributed by atoms with Gasteiger partial charge in [0.2, 0.25) is 0 Å². The van der Waals surface area contributed by atoms with Gasteiger partial charge in [-0.05, 0) is 28.9 Å². The van der Waals surface area contributed by atoms with Crippen molar-refractivity contribution in [1.29, 1.82) is 0 Å². The van der Waals surface area contributed by atoms with E-state index in [-0.39, 0.29) is 5.69 Å². The fourth-order valence-electron chi connectivity index (χ4n) is 2.01. The second-order valence-corrected chi connectivity index (χ2v) is 5.13. The van der Waals surface area contributed by atoms with Crippen molar-refractivity contribution >= 4 is 27.5 Å². The van der Waals surface area contributed by atoms with E-state index >= 15 is 0 Å². The third-order valence-corrected chi connectivity index (χ3v) is 3.91. The van der Waals surface area contributed by atoms with Crippen LogP contribution in [0, 0.1) is 6.92 Å². The van der Waals surface area contributed by atoms with E-state index in [1.54, 1.807) is 6.92 Å². The first kappa shape index (κ1) is 12.8. The van der Waals surface area contributed by atoms with Gasteiger partial charge in [-0.2, -0.15) is 5.10 Å². The van der Waals surface area contributed by atoms with Crippen molar-refractivity contribution in [3.63, 3.8) is 0 Å². The van der Waals surface area contributed by atoms with E-state index in [0.717, 1.165) is 5.56 Å². The summed E-state index contributed by atoms with van der Waals surface area (Å²) in [6, 6.07) is 11.0. The number of aromatic carboxylic acids is 1. The standard InChI is InChI=1S/C14H10BrN3O2/c1-8-12(15)13-16-10(9-5-3-2-4-6-9)7-11(14(19)20)18(13)17-8/h2-7H,1H3,(H,19,20). The molecule has 0 bridgehead atoms. The lowest BCUT2D eigenvalue weighted by Gasteiger charge is -2.05. The number of carboxylic acid groups (broad SMARTS) is 1. The Bertz CT molecular complexity index is 812. The van der Waals surface area contributed by atoms with Crippen LogP contribution >= 0.6 is 15.9 Å². The van der Waals surface area contributed by atoms with Crippen molar-refractivity contribution in [2.45, 2.75) is 6.92 Å². The van der Waals surface area contributed by atoms with E-state index in [1.807, 2.05) is 30.3 Å². The van der Waals surface area contributed by atoms with Gasteiger partial charge in [0.15, 0.2) is 11.3 Å². The quantitative estimate of drug-likeness (QED) is 0.783. The van der Waals surface area contributed by atoms with Crippen molar-refractivity contribution in [1.82, 2.24) is 14.6 Å². The molecule has 2 heterocycles. The number of hydrogen-bond acceptors (Lipinski definition) is 3. The predicted molar refractivity (Wildman–Crippen MR) is 77.8 cm³/mol. The van der Waals surface area contributed by atoms with Crippen LogP contribution in [0.1, 0.15) is 16.2 Å². The number of rotatable bonds is 2. The Morgan fingerprint density at radius 2 is 2.00 bits per heavy atom. The summed E-state index contributed by atoms with van der Waals surface area (Å²) in [5, 5.41) is 13.5. The van der Waals surface area contributed by atoms with Gasteiger partial charge in [-0.15, -0.1) is 0 Å². The Kier molecular flexibility index (Phi) is 3.02. The summed E-state index contributed by atoms with van der Waals surface area (Å²) in [6.07, 6.45) is 0. The van der Waals surface area contributed by atoms with Crippen LogP contribution < -0.4 is 0 Å². The molecule has 0 atom stereocenters. The third-order valence-electron chi connectivity index (χ3n) is 2.98. The largest absolute Gasteiger partial charge is 0.477 e. The average Bonchev–Trinajstić information content (AvgIpc) is 2.74. The van der Waals surface area contributed by atoms with Gasteiger partial charge in [-0.1, -0.05) is 30.3 Å². The van der Waals surface area contributed by atoms with Gasteiger partial charge < -0.3 is 5.11 Å². The minimum atomic E-state index is -1.04. The van der Waals surface area contributed by atoms with Crippen molar-refractivity contribution in [3.05, 3.63) is 52.3 Å². The monoisotopic (exact) mass is 331 g/mol. The number of aromatic nitrogens is 3. The molecule has 0 saturated heterocycles. The summed E-state index contributed by atoms with van der Waals surface area (Å²) in [6.45, 7) is 1.80. The third kappa shape index (κ3) is 1.98. The molecule has 0 spiro atoms.